The second-order valence-corrected chi connectivity index (χ2v) is 10.1. The summed E-state index contributed by atoms with van der Waals surface area (Å²) in [7, 11) is 0. The van der Waals surface area contributed by atoms with Crippen molar-refractivity contribution in [3.05, 3.63) is 129 Å². The Morgan fingerprint density at radius 1 is 0.613 bits per heavy atom. The first-order chi connectivity index (χ1) is 14.7. The summed E-state index contributed by atoms with van der Waals surface area (Å²) in [5, 5.41) is 0. The largest absolute Gasteiger partial charge is 0.0801 e. The molecule has 1 aliphatic carbocycles. The third kappa shape index (κ3) is 3.81. The van der Waals surface area contributed by atoms with Crippen molar-refractivity contribution in [2.75, 3.05) is 0 Å². The number of hydrogen-bond donors (Lipinski definition) is 0. The average molecular weight is 407 g/mol. The minimum atomic E-state index is -0.323. The van der Waals surface area contributed by atoms with E-state index < -0.39 is 0 Å². The average Bonchev–Trinajstić information content (AvgIpc) is 3.20. The summed E-state index contributed by atoms with van der Waals surface area (Å²) in [6.45, 7) is 13.6. The second kappa shape index (κ2) is 8.00. The van der Waals surface area contributed by atoms with Crippen molar-refractivity contribution in [3.8, 4) is 0 Å². The van der Waals surface area contributed by atoms with Gasteiger partial charge in [0.25, 0.3) is 0 Å². The van der Waals surface area contributed by atoms with Crippen molar-refractivity contribution in [3.63, 3.8) is 0 Å². The predicted octanol–water partition coefficient (Wildman–Crippen LogP) is 8.25. The van der Waals surface area contributed by atoms with Crippen LogP contribution in [0.3, 0.4) is 0 Å². The van der Waals surface area contributed by atoms with Crippen LogP contribution in [-0.2, 0) is 5.41 Å². The monoisotopic (exact) mass is 406 g/mol. The molecule has 0 saturated carbocycles. The van der Waals surface area contributed by atoms with Gasteiger partial charge in [-0.05, 0) is 60.4 Å². The maximum Gasteiger partial charge on any atom is 0.0670 e. The molecule has 3 aromatic carbocycles. The molecular weight excluding hydrogens is 372 g/mol. The van der Waals surface area contributed by atoms with Crippen molar-refractivity contribution < 1.29 is 0 Å². The highest BCUT2D eigenvalue weighted by atomic mass is 14.4. The number of rotatable bonds is 4. The quantitative estimate of drug-likeness (QED) is 0.383. The zero-order chi connectivity index (χ0) is 22.2. The molecule has 0 atom stereocenters. The highest BCUT2D eigenvalue weighted by Crippen LogP contribution is 2.52. The Balaban J connectivity index is 2.20. The lowest BCUT2D eigenvalue weighted by Gasteiger charge is -2.41. The first kappa shape index (κ1) is 21.4. The molecule has 3 aromatic rings. The van der Waals surface area contributed by atoms with Gasteiger partial charge in [0, 0.05) is 0 Å². The third-order valence-corrected chi connectivity index (χ3v) is 6.55. The minimum absolute atomic E-state index is 0.0745. The van der Waals surface area contributed by atoms with Crippen LogP contribution in [0.4, 0.5) is 0 Å². The lowest BCUT2D eigenvalue weighted by Crippen LogP contribution is -2.33. The van der Waals surface area contributed by atoms with E-state index >= 15 is 0 Å². The molecule has 0 radical (unpaired) electrons. The third-order valence-electron chi connectivity index (χ3n) is 6.55. The summed E-state index contributed by atoms with van der Waals surface area (Å²) in [6, 6.07) is 27.4. The molecule has 158 valence electrons. The van der Waals surface area contributed by atoms with Gasteiger partial charge in [0.1, 0.15) is 0 Å². The van der Waals surface area contributed by atoms with Gasteiger partial charge in [-0.3, -0.25) is 0 Å². The van der Waals surface area contributed by atoms with Gasteiger partial charge in [0.15, 0.2) is 0 Å². The topological polar surface area (TPSA) is 0 Å². The highest BCUT2D eigenvalue weighted by molar-refractivity contribution is 5.64. The number of benzene rings is 3. The molecule has 0 N–H and O–H groups in total. The number of hydrogen-bond acceptors (Lipinski definition) is 0. The van der Waals surface area contributed by atoms with Crippen molar-refractivity contribution in [1.29, 1.82) is 0 Å². The lowest BCUT2D eigenvalue weighted by molar-refractivity contribution is 0.503. The predicted molar refractivity (Wildman–Crippen MR) is 134 cm³/mol. The molecular formula is C31H34. The standard InChI is InChI=1S/C31H34/c1-22-11-7-14-25(19-22)31(26-15-8-12-23(2)20-26,27-16-9-13-24(3)21-27)29-18-10-17-28(29)30(4,5)6/h7-17,19-21H,18H2,1-6H3. The first-order valence-corrected chi connectivity index (χ1v) is 11.3. The van der Waals surface area contributed by atoms with Crippen LogP contribution < -0.4 is 0 Å². The molecule has 0 bridgehead atoms. The van der Waals surface area contributed by atoms with E-state index in [-0.39, 0.29) is 10.8 Å². The Labute approximate surface area is 188 Å². The molecule has 0 aromatic heterocycles. The van der Waals surface area contributed by atoms with E-state index in [0.29, 0.717) is 0 Å². The summed E-state index contributed by atoms with van der Waals surface area (Å²) in [6.07, 6.45) is 5.69. The normalized spacial score (nSPS) is 14.4. The van der Waals surface area contributed by atoms with Crippen LogP contribution in [0.25, 0.3) is 0 Å². The highest BCUT2D eigenvalue weighted by Gasteiger charge is 2.43. The van der Waals surface area contributed by atoms with Crippen molar-refractivity contribution in [2.24, 2.45) is 5.41 Å². The molecule has 31 heavy (non-hydrogen) atoms. The molecule has 0 aliphatic heterocycles. The zero-order valence-corrected chi connectivity index (χ0v) is 19.8. The fraction of sp³-hybridized carbons (Fsp3) is 0.290. The first-order valence-electron chi connectivity index (χ1n) is 11.3. The van der Waals surface area contributed by atoms with Crippen LogP contribution in [0.15, 0.2) is 96.1 Å². The van der Waals surface area contributed by atoms with Gasteiger partial charge in [-0.2, -0.15) is 0 Å². The molecule has 0 unspecified atom stereocenters. The molecule has 0 heteroatoms. The lowest BCUT2D eigenvalue weighted by atomic mass is 9.61. The second-order valence-electron chi connectivity index (χ2n) is 10.1. The molecule has 0 spiro atoms. The molecule has 1 aliphatic rings. The molecule has 0 amide bonds. The Morgan fingerprint density at radius 3 is 1.39 bits per heavy atom. The number of allylic oxidation sites excluding steroid dienone is 4. The summed E-state index contributed by atoms with van der Waals surface area (Å²) >= 11 is 0. The fourth-order valence-corrected chi connectivity index (χ4v) is 5.22. The molecule has 4 rings (SSSR count). The van der Waals surface area contributed by atoms with Crippen molar-refractivity contribution in [1.82, 2.24) is 0 Å². The smallest absolute Gasteiger partial charge is 0.0670 e. The molecule has 0 saturated heterocycles. The Bertz CT molecular complexity index is 1050. The SMILES string of the molecule is Cc1cccc(C(C2=C(C(C)(C)C)C=CC2)(c2cccc(C)c2)c2cccc(C)c2)c1. The van der Waals surface area contributed by atoms with Crippen molar-refractivity contribution >= 4 is 0 Å². The van der Waals surface area contributed by atoms with Gasteiger partial charge >= 0.3 is 0 Å². The zero-order valence-electron chi connectivity index (χ0n) is 19.8. The van der Waals surface area contributed by atoms with Crippen LogP contribution in [-0.4, -0.2) is 0 Å². The van der Waals surface area contributed by atoms with Gasteiger partial charge in [-0.1, -0.05) is 122 Å². The Morgan fingerprint density at radius 2 is 1.03 bits per heavy atom. The number of aryl methyl sites for hydroxylation is 3. The summed E-state index contributed by atoms with van der Waals surface area (Å²) in [5.74, 6) is 0. The summed E-state index contributed by atoms with van der Waals surface area (Å²) < 4.78 is 0. The molecule has 0 nitrogen and oxygen atoms in total. The van der Waals surface area contributed by atoms with E-state index in [1.54, 1.807) is 0 Å². The Kier molecular flexibility index (Phi) is 5.52. The van der Waals surface area contributed by atoms with Gasteiger partial charge in [0.05, 0.1) is 5.41 Å². The summed E-state index contributed by atoms with van der Waals surface area (Å²) in [5.41, 5.74) is 10.7. The van der Waals surface area contributed by atoms with Gasteiger partial charge < -0.3 is 0 Å². The van der Waals surface area contributed by atoms with E-state index in [2.05, 4.69) is 126 Å². The molecule has 0 heterocycles. The van der Waals surface area contributed by atoms with E-state index in [0.717, 1.165) is 6.42 Å². The minimum Gasteiger partial charge on any atom is -0.0801 e. The maximum absolute atomic E-state index is 2.39. The van der Waals surface area contributed by atoms with Gasteiger partial charge in [0.2, 0.25) is 0 Å². The van der Waals surface area contributed by atoms with Crippen LogP contribution in [0, 0.1) is 26.2 Å². The fourth-order valence-electron chi connectivity index (χ4n) is 5.22. The van der Waals surface area contributed by atoms with Crippen molar-refractivity contribution in [2.45, 2.75) is 53.4 Å². The van der Waals surface area contributed by atoms with Gasteiger partial charge in [-0.15, -0.1) is 0 Å². The maximum atomic E-state index is 2.39. The van der Waals surface area contributed by atoms with E-state index in [1.807, 2.05) is 0 Å². The van der Waals surface area contributed by atoms with Crippen LogP contribution in [0.1, 0.15) is 60.6 Å². The van der Waals surface area contributed by atoms with Crippen LogP contribution in [0.5, 0.6) is 0 Å². The van der Waals surface area contributed by atoms with E-state index in [1.165, 1.54) is 44.5 Å². The van der Waals surface area contributed by atoms with E-state index in [4.69, 9.17) is 0 Å². The molecule has 0 fully saturated rings. The van der Waals surface area contributed by atoms with Crippen LogP contribution in [0.2, 0.25) is 0 Å². The van der Waals surface area contributed by atoms with E-state index in [9.17, 15) is 0 Å². The Hall–Kier alpha value is -2.86. The van der Waals surface area contributed by atoms with Gasteiger partial charge in [-0.25, -0.2) is 0 Å². The van der Waals surface area contributed by atoms with Crippen LogP contribution >= 0.6 is 0 Å². The summed E-state index contributed by atoms with van der Waals surface area (Å²) in [4.78, 5) is 0.